The molecule has 0 fully saturated rings. The van der Waals surface area contributed by atoms with E-state index >= 15 is 0 Å². The highest BCUT2D eigenvalue weighted by Gasteiger charge is 2.26. The van der Waals surface area contributed by atoms with E-state index in [1.165, 1.54) is 0 Å². The quantitative estimate of drug-likeness (QED) is 0.623. The van der Waals surface area contributed by atoms with E-state index < -0.39 is 37.2 Å². The number of ether oxygens (including phenoxy) is 2. The molecule has 0 aromatic heterocycles. The second-order valence-electron chi connectivity index (χ2n) is 5.98. The maximum Gasteiger partial charge on any atom is 0.345 e. The molecule has 0 unspecified atom stereocenters. The van der Waals surface area contributed by atoms with Gasteiger partial charge in [0.15, 0.2) is 0 Å². The first-order valence-electron chi connectivity index (χ1n) is 7.95. The highest BCUT2D eigenvalue weighted by Crippen LogP contribution is 2.09. The number of nitrogens with two attached hydrogens (primary N) is 1. The highest BCUT2D eigenvalue weighted by atomic mass is 19.3. The fraction of sp³-hybridized carbons (Fsp3) is 0.529. The minimum atomic E-state index is -3.01. The summed E-state index contributed by atoms with van der Waals surface area (Å²) < 4.78 is 33.2. The van der Waals surface area contributed by atoms with Gasteiger partial charge in [-0.25, -0.2) is 4.79 Å². The van der Waals surface area contributed by atoms with Crippen LogP contribution in [0.1, 0.15) is 25.8 Å². The first kappa shape index (κ1) is 21.0. The lowest BCUT2D eigenvalue weighted by atomic mass is 10.0. The number of alkyl halides is 2. The fourth-order valence-corrected chi connectivity index (χ4v) is 2.05. The number of halogens is 2. The van der Waals surface area contributed by atoms with Crippen molar-refractivity contribution in [3.05, 3.63) is 35.9 Å². The van der Waals surface area contributed by atoms with Crippen LogP contribution in [0.4, 0.5) is 8.78 Å². The Morgan fingerprint density at radius 1 is 1.20 bits per heavy atom. The Kier molecular flexibility index (Phi) is 9.01. The smallest absolute Gasteiger partial charge is 0.345 e. The van der Waals surface area contributed by atoms with Crippen LogP contribution in [0.3, 0.4) is 0 Å². The summed E-state index contributed by atoms with van der Waals surface area (Å²) in [5.41, 5.74) is 6.30. The number of carbonyl (C=O) groups excluding carboxylic acids is 2. The second kappa shape index (κ2) is 10.7. The van der Waals surface area contributed by atoms with Gasteiger partial charge >= 0.3 is 12.6 Å². The molecule has 8 heteroatoms. The van der Waals surface area contributed by atoms with E-state index in [1.54, 1.807) is 12.1 Å². The van der Waals surface area contributed by atoms with Gasteiger partial charge in [-0.2, -0.15) is 8.78 Å². The lowest BCUT2D eigenvalue weighted by Gasteiger charge is -2.21. The van der Waals surface area contributed by atoms with Gasteiger partial charge in [-0.3, -0.25) is 4.79 Å². The summed E-state index contributed by atoms with van der Waals surface area (Å²) in [5.74, 6) is -1.25. The molecule has 6 nitrogen and oxygen atoms in total. The van der Waals surface area contributed by atoms with Crippen molar-refractivity contribution < 1.29 is 27.8 Å². The summed E-state index contributed by atoms with van der Waals surface area (Å²) in [6.45, 7) is 0.176. The van der Waals surface area contributed by atoms with E-state index in [9.17, 15) is 18.4 Å². The zero-order valence-corrected chi connectivity index (χ0v) is 14.3. The van der Waals surface area contributed by atoms with E-state index in [1.807, 2.05) is 32.0 Å². The monoisotopic (exact) mass is 358 g/mol. The van der Waals surface area contributed by atoms with Crippen LogP contribution in [-0.4, -0.2) is 37.2 Å². The zero-order valence-electron chi connectivity index (χ0n) is 14.3. The van der Waals surface area contributed by atoms with Crippen molar-refractivity contribution in [3.8, 4) is 0 Å². The Morgan fingerprint density at radius 2 is 1.84 bits per heavy atom. The van der Waals surface area contributed by atoms with Crippen molar-refractivity contribution in [2.24, 2.45) is 11.7 Å². The lowest BCUT2D eigenvalue weighted by molar-refractivity contribution is -0.151. The van der Waals surface area contributed by atoms with Crippen LogP contribution in [0.15, 0.2) is 30.3 Å². The molecule has 0 heterocycles. The van der Waals surface area contributed by atoms with Crippen LogP contribution in [-0.2, 0) is 25.7 Å². The third kappa shape index (κ3) is 8.55. The van der Waals surface area contributed by atoms with Crippen LogP contribution in [0.25, 0.3) is 0 Å². The molecular formula is C17H24F2N2O4. The Hall–Kier alpha value is -2.06. The first-order chi connectivity index (χ1) is 11.8. The summed E-state index contributed by atoms with van der Waals surface area (Å²) in [6, 6.07) is 6.88. The second-order valence-corrected chi connectivity index (χ2v) is 5.98. The van der Waals surface area contributed by atoms with Gasteiger partial charge in [-0.1, -0.05) is 44.2 Å². The van der Waals surface area contributed by atoms with Gasteiger partial charge in [0, 0.05) is 0 Å². The molecule has 0 aliphatic carbocycles. The number of benzene rings is 1. The van der Waals surface area contributed by atoms with Crippen LogP contribution in [0.5, 0.6) is 0 Å². The number of rotatable bonds is 10. The minimum absolute atomic E-state index is 0.0741. The van der Waals surface area contributed by atoms with E-state index in [2.05, 4.69) is 10.1 Å². The van der Waals surface area contributed by atoms with Crippen LogP contribution in [0, 0.1) is 5.92 Å². The minimum Gasteiger partial charge on any atom is -0.459 e. The van der Waals surface area contributed by atoms with Gasteiger partial charge in [-0.05, 0) is 17.9 Å². The molecule has 1 aromatic rings. The molecule has 1 aromatic carbocycles. The third-order valence-corrected chi connectivity index (χ3v) is 3.27. The Balaban J connectivity index is 2.59. The van der Waals surface area contributed by atoms with Crippen molar-refractivity contribution in [2.75, 3.05) is 6.61 Å². The van der Waals surface area contributed by atoms with Gasteiger partial charge in [-0.15, -0.1) is 0 Å². The van der Waals surface area contributed by atoms with Crippen molar-refractivity contribution in [3.63, 3.8) is 0 Å². The number of amides is 1. The van der Waals surface area contributed by atoms with Crippen molar-refractivity contribution in [2.45, 2.75) is 45.6 Å². The number of carbonyl (C=O) groups is 2. The average molecular weight is 358 g/mol. The Bertz CT molecular complexity index is 541. The van der Waals surface area contributed by atoms with Gasteiger partial charge in [0.25, 0.3) is 0 Å². The SMILES string of the molecule is CC(C)C[C@H](NC(=O)[C@@H](N)COC(F)F)C(=O)OCc1ccccc1. The molecule has 3 N–H and O–H groups in total. The van der Waals surface area contributed by atoms with E-state index in [0.29, 0.717) is 6.42 Å². The van der Waals surface area contributed by atoms with Crippen molar-refractivity contribution >= 4 is 11.9 Å². The molecule has 0 saturated carbocycles. The molecule has 0 spiro atoms. The summed E-state index contributed by atoms with van der Waals surface area (Å²) in [5, 5.41) is 2.44. The number of esters is 1. The molecule has 0 radical (unpaired) electrons. The molecule has 0 aliphatic heterocycles. The summed E-state index contributed by atoms with van der Waals surface area (Å²) >= 11 is 0. The summed E-state index contributed by atoms with van der Waals surface area (Å²) in [6.07, 6.45) is 0.335. The molecule has 140 valence electrons. The normalized spacial score (nSPS) is 13.6. The fourth-order valence-electron chi connectivity index (χ4n) is 2.05. The molecule has 2 atom stereocenters. The van der Waals surface area contributed by atoms with E-state index in [-0.39, 0.29) is 12.5 Å². The van der Waals surface area contributed by atoms with Gasteiger partial charge in [0.2, 0.25) is 5.91 Å². The number of nitrogens with one attached hydrogen (secondary N) is 1. The maximum absolute atomic E-state index is 12.2. The molecule has 0 bridgehead atoms. The zero-order chi connectivity index (χ0) is 18.8. The van der Waals surface area contributed by atoms with Gasteiger partial charge in [0.05, 0.1) is 6.61 Å². The number of hydrogen-bond acceptors (Lipinski definition) is 5. The molecule has 0 aliphatic rings. The van der Waals surface area contributed by atoms with Crippen molar-refractivity contribution in [1.29, 1.82) is 0 Å². The largest absolute Gasteiger partial charge is 0.459 e. The third-order valence-electron chi connectivity index (χ3n) is 3.27. The van der Waals surface area contributed by atoms with Crippen molar-refractivity contribution in [1.82, 2.24) is 5.32 Å². The number of hydrogen-bond donors (Lipinski definition) is 2. The van der Waals surface area contributed by atoms with Crippen LogP contribution >= 0.6 is 0 Å². The lowest BCUT2D eigenvalue weighted by Crippen LogP contribution is -2.51. The molecule has 1 rings (SSSR count). The Labute approximate surface area is 145 Å². The predicted octanol–water partition coefficient (Wildman–Crippen LogP) is 1.83. The van der Waals surface area contributed by atoms with Crippen LogP contribution < -0.4 is 11.1 Å². The summed E-state index contributed by atoms with van der Waals surface area (Å²) in [7, 11) is 0. The Morgan fingerprint density at radius 3 is 2.40 bits per heavy atom. The standard InChI is InChI=1S/C17H24F2N2O4/c1-11(2)8-14(21-15(22)13(20)10-25-17(18)19)16(23)24-9-12-6-4-3-5-7-12/h3-7,11,13-14,17H,8-10,20H2,1-2H3,(H,21,22)/t13-,14-/m0/s1. The van der Waals surface area contributed by atoms with E-state index in [4.69, 9.17) is 10.5 Å². The van der Waals surface area contributed by atoms with Gasteiger partial charge < -0.3 is 20.5 Å². The average Bonchev–Trinajstić information content (AvgIpc) is 2.57. The van der Waals surface area contributed by atoms with Gasteiger partial charge in [0.1, 0.15) is 18.7 Å². The maximum atomic E-state index is 12.2. The summed E-state index contributed by atoms with van der Waals surface area (Å²) in [4.78, 5) is 24.2. The highest BCUT2D eigenvalue weighted by molar-refractivity contribution is 5.87. The molecule has 1 amide bonds. The van der Waals surface area contributed by atoms with E-state index in [0.717, 1.165) is 5.56 Å². The van der Waals surface area contributed by atoms with Crippen LogP contribution in [0.2, 0.25) is 0 Å². The topological polar surface area (TPSA) is 90.7 Å². The molecule has 0 saturated heterocycles. The predicted molar refractivity (Wildman–Crippen MR) is 87.6 cm³/mol. The molecule has 25 heavy (non-hydrogen) atoms. The molecular weight excluding hydrogens is 334 g/mol. The first-order valence-corrected chi connectivity index (χ1v) is 7.95.